The molecule has 0 saturated carbocycles. The van der Waals surface area contributed by atoms with Crippen molar-refractivity contribution < 1.29 is 14.3 Å². The van der Waals surface area contributed by atoms with Gasteiger partial charge in [-0.05, 0) is 22.0 Å². The molecule has 1 aliphatic rings. The van der Waals surface area contributed by atoms with Crippen molar-refractivity contribution >= 4 is 39.1 Å². The number of carbonyl (C=O) groups is 2. The van der Waals surface area contributed by atoms with Crippen molar-refractivity contribution in [2.24, 2.45) is 5.73 Å². The quantitative estimate of drug-likeness (QED) is 0.878. The lowest BCUT2D eigenvalue weighted by Gasteiger charge is -2.33. The molecule has 2 heterocycles. The number of primary amides is 1. The lowest BCUT2D eigenvalue weighted by molar-refractivity contribution is -0.127. The van der Waals surface area contributed by atoms with Crippen molar-refractivity contribution in [2.75, 3.05) is 19.8 Å². The monoisotopic (exact) mass is 318 g/mol. The van der Waals surface area contributed by atoms with Crippen LogP contribution in [0.5, 0.6) is 0 Å². The Morgan fingerprint density at radius 3 is 2.94 bits per heavy atom. The molecule has 0 aliphatic carbocycles. The third-order valence-corrected chi connectivity index (χ3v) is 4.04. The summed E-state index contributed by atoms with van der Waals surface area (Å²) in [6.07, 6.45) is 0. The fraction of sp³-hybridized carbons (Fsp3) is 0.400. The number of carbonyl (C=O) groups excluding carboxylic acids is 2. The number of thiophene rings is 1. The minimum atomic E-state index is -0.671. The molecule has 5 nitrogen and oxygen atoms in total. The van der Waals surface area contributed by atoms with E-state index in [0.717, 1.165) is 3.79 Å². The van der Waals surface area contributed by atoms with Crippen LogP contribution in [0.4, 0.5) is 0 Å². The predicted molar refractivity (Wildman–Crippen MR) is 66.9 cm³/mol. The molecule has 0 spiro atoms. The summed E-state index contributed by atoms with van der Waals surface area (Å²) in [5.41, 5.74) is 5.82. The first-order valence-electron chi connectivity index (χ1n) is 5.01. The highest BCUT2D eigenvalue weighted by Gasteiger charge is 2.32. The molecule has 0 aromatic carbocycles. The molecule has 1 saturated heterocycles. The summed E-state index contributed by atoms with van der Waals surface area (Å²) in [6.45, 7) is 0.993. The van der Waals surface area contributed by atoms with Gasteiger partial charge in [0, 0.05) is 11.9 Å². The summed E-state index contributed by atoms with van der Waals surface area (Å²) in [4.78, 5) is 24.9. The highest BCUT2D eigenvalue weighted by molar-refractivity contribution is 9.11. The highest BCUT2D eigenvalue weighted by Crippen LogP contribution is 2.23. The number of hydrogen-bond acceptors (Lipinski definition) is 4. The Bertz CT molecular complexity index is 449. The lowest BCUT2D eigenvalue weighted by Crippen LogP contribution is -2.54. The number of nitrogens with two attached hydrogens (primary N) is 1. The van der Waals surface area contributed by atoms with Crippen LogP contribution in [0.15, 0.2) is 15.2 Å². The zero-order valence-corrected chi connectivity index (χ0v) is 11.3. The van der Waals surface area contributed by atoms with Crippen molar-refractivity contribution in [3.63, 3.8) is 0 Å². The molecular formula is C10H11BrN2O3S. The van der Waals surface area contributed by atoms with Gasteiger partial charge < -0.3 is 15.4 Å². The van der Waals surface area contributed by atoms with Crippen LogP contribution in [0.25, 0.3) is 0 Å². The smallest absolute Gasteiger partial charge is 0.255 e. The van der Waals surface area contributed by atoms with Crippen LogP contribution in [0.2, 0.25) is 0 Å². The minimum Gasteiger partial charge on any atom is -0.377 e. The Balaban J connectivity index is 2.19. The van der Waals surface area contributed by atoms with Gasteiger partial charge in [-0.1, -0.05) is 0 Å². The van der Waals surface area contributed by atoms with Crippen LogP contribution in [-0.4, -0.2) is 42.5 Å². The summed E-state index contributed by atoms with van der Waals surface area (Å²) in [5.74, 6) is -0.716. The van der Waals surface area contributed by atoms with E-state index in [4.69, 9.17) is 10.5 Å². The molecule has 0 bridgehead atoms. The Kier molecular flexibility index (Phi) is 3.80. The predicted octanol–water partition coefficient (Wildman–Crippen LogP) is 0.837. The Morgan fingerprint density at radius 2 is 2.35 bits per heavy atom. The van der Waals surface area contributed by atoms with E-state index in [1.807, 2.05) is 0 Å². The number of morpholine rings is 1. The van der Waals surface area contributed by atoms with Gasteiger partial charge in [-0.25, -0.2) is 0 Å². The largest absolute Gasteiger partial charge is 0.377 e. The number of nitrogens with zero attached hydrogens (tertiary/aromatic N) is 1. The highest BCUT2D eigenvalue weighted by atomic mass is 79.9. The number of ether oxygens (including phenoxy) is 1. The Morgan fingerprint density at radius 1 is 1.59 bits per heavy atom. The first-order valence-corrected chi connectivity index (χ1v) is 6.69. The van der Waals surface area contributed by atoms with E-state index in [1.54, 1.807) is 11.4 Å². The Hall–Kier alpha value is -0.920. The number of halogens is 1. The zero-order valence-electron chi connectivity index (χ0n) is 8.89. The molecule has 1 aromatic heterocycles. The molecule has 92 valence electrons. The SMILES string of the molecule is NC(=O)C1COCCN1C(=O)c1csc(Br)c1. The summed E-state index contributed by atoms with van der Waals surface area (Å²) in [5, 5.41) is 1.75. The first-order chi connectivity index (χ1) is 8.09. The fourth-order valence-electron chi connectivity index (χ4n) is 1.67. The van der Waals surface area contributed by atoms with Gasteiger partial charge in [0.05, 0.1) is 22.6 Å². The lowest BCUT2D eigenvalue weighted by atomic mass is 10.2. The third kappa shape index (κ3) is 2.67. The van der Waals surface area contributed by atoms with E-state index in [2.05, 4.69) is 15.9 Å². The van der Waals surface area contributed by atoms with Crippen LogP contribution in [0, 0.1) is 0 Å². The van der Waals surface area contributed by atoms with Gasteiger partial charge in [-0.3, -0.25) is 9.59 Å². The van der Waals surface area contributed by atoms with Crippen molar-refractivity contribution in [1.29, 1.82) is 0 Å². The van der Waals surface area contributed by atoms with Gasteiger partial charge >= 0.3 is 0 Å². The normalized spacial score (nSPS) is 20.3. The first kappa shape index (κ1) is 12.5. The molecule has 2 N–H and O–H groups in total. The van der Waals surface area contributed by atoms with E-state index in [0.29, 0.717) is 18.7 Å². The maximum Gasteiger partial charge on any atom is 0.255 e. The maximum atomic E-state index is 12.2. The average Bonchev–Trinajstić information content (AvgIpc) is 2.75. The number of amides is 2. The second-order valence-corrected chi connectivity index (χ2v) is 5.92. The van der Waals surface area contributed by atoms with Gasteiger partial charge in [0.2, 0.25) is 5.91 Å². The molecule has 0 radical (unpaired) electrons. The van der Waals surface area contributed by atoms with Crippen LogP contribution in [0.1, 0.15) is 10.4 Å². The van der Waals surface area contributed by atoms with E-state index < -0.39 is 11.9 Å². The van der Waals surface area contributed by atoms with Gasteiger partial charge in [0.1, 0.15) is 6.04 Å². The van der Waals surface area contributed by atoms with Crippen LogP contribution < -0.4 is 5.73 Å². The average molecular weight is 319 g/mol. The van der Waals surface area contributed by atoms with E-state index in [-0.39, 0.29) is 12.5 Å². The summed E-state index contributed by atoms with van der Waals surface area (Å²) < 4.78 is 6.04. The molecule has 1 aromatic rings. The van der Waals surface area contributed by atoms with E-state index in [9.17, 15) is 9.59 Å². The zero-order chi connectivity index (χ0) is 12.4. The van der Waals surface area contributed by atoms with Crippen molar-refractivity contribution in [1.82, 2.24) is 4.90 Å². The molecule has 17 heavy (non-hydrogen) atoms. The van der Waals surface area contributed by atoms with Crippen molar-refractivity contribution in [3.8, 4) is 0 Å². The van der Waals surface area contributed by atoms with Crippen LogP contribution in [0.3, 0.4) is 0 Å². The van der Waals surface area contributed by atoms with E-state index in [1.165, 1.54) is 16.2 Å². The fourth-order valence-corrected chi connectivity index (χ4v) is 2.80. The van der Waals surface area contributed by atoms with E-state index >= 15 is 0 Å². The van der Waals surface area contributed by atoms with Gasteiger partial charge in [-0.15, -0.1) is 11.3 Å². The number of rotatable bonds is 2. The Labute approximate surface area is 111 Å². The molecule has 1 atom stereocenters. The van der Waals surface area contributed by atoms with Crippen molar-refractivity contribution in [2.45, 2.75) is 6.04 Å². The van der Waals surface area contributed by atoms with Crippen LogP contribution in [-0.2, 0) is 9.53 Å². The number of hydrogen-bond donors (Lipinski definition) is 1. The minimum absolute atomic E-state index is 0.173. The van der Waals surface area contributed by atoms with Crippen LogP contribution >= 0.6 is 27.3 Å². The molecule has 1 aliphatic heterocycles. The topological polar surface area (TPSA) is 72.6 Å². The maximum absolute atomic E-state index is 12.2. The molecule has 7 heteroatoms. The molecule has 1 fully saturated rings. The van der Waals surface area contributed by atoms with Gasteiger partial charge in [0.25, 0.3) is 5.91 Å². The second-order valence-electron chi connectivity index (χ2n) is 3.63. The molecule has 2 amide bonds. The second kappa shape index (κ2) is 5.16. The summed E-state index contributed by atoms with van der Waals surface area (Å²) in [7, 11) is 0. The molecule has 1 unspecified atom stereocenters. The molecule has 2 rings (SSSR count). The van der Waals surface area contributed by atoms with Crippen molar-refractivity contribution in [3.05, 3.63) is 20.8 Å². The third-order valence-electron chi connectivity index (χ3n) is 2.53. The van der Waals surface area contributed by atoms with Gasteiger partial charge in [0.15, 0.2) is 0 Å². The molecular weight excluding hydrogens is 308 g/mol. The summed E-state index contributed by atoms with van der Waals surface area (Å²) >= 11 is 4.73. The van der Waals surface area contributed by atoms with Gasteiger partial charge in [-0.2, -0.15) is 0 Å². The summed E-state index contributed by atoms with van der Waals surface area (Å²) in [6, 6.07) is 1.07. The standard InChI is InChI=1S/C10H11BrN2O3S/c11-8-3-6(5-17-8)10(15)13-1-2-16-4-7(13)9(12)14/h3,5,7H,1-2,4H2,(H2,12,14).